The second-order valence-electron chi connectivity index (χ2n) is 6.17. The highest BCUT2D eigenvalue weighted by molar-refractivity contribution is 6.11. The van der Waals surface area contributed by atoms with E-state index in [-0.39, 0.29) is 16.2 Å². The smallest absolute Gasteiger partial charge is 0.234 e. The Balaban J connectivity index is 2.37. The molecule has 0 saturated heterocycles. The highest BCUT2D eigenvalue weighted by Gasteiger charge is 2.25. The molecule has 4 nitrogen and oxygen atoms in total. The van der Waals surface area contributed by atoms with Gasteiger partial charge >= 0.3 is 0 Å². The van der Waals surface area contributed by atoms with E-state index in [0.29, 0.717) is 22.9 Å². The van der Waals surface area contributed by atoms with E-state index in [0.717, 1.165) is 18.4 Å². The third kappa shape index (κ3) is 1.74. The molecule has 0 bridgehead atoms. The molecule has 0 unspecified atom stereocenters. The number of rotatable bonds is 3. The predicted octanol–water partition coefficient (Wildman–Crippen LogP) is 2.19. The molecule has 24 heavy (non-hydrogen) atoms. The Morgan fingerprint density at radius 2 is 1.29 bits per heavy atom. The molecule has 0 aliphatic heterocycles. The van der Waals surface area contributed by atoms with Crippen LogP contribution in [0.2, 0.25) is 0 Å². The topological polar surface area (TPSA) is 68.3 Å². The fourth-order valence-electron chi connectivity index (χ4n) is 3.61. The molecule has 0 fully saturated rings. The van der Waals surface area contributed by atoms with Crippen molar-refractivity contribution >= 4 is 21.5 Å². The first-order chi connectivity index (χ1) is 11.6. The Morgan fingerprint density at radius 3 is 1.92 bits per heavy atom. The highest BCUT2D eigenvalue weighted by atomic mass is 16.2. The molecule has 0 radical (unpaired) electrons. The second kappa shape index (κ2) is 5.06. The van der Waals surface area contributed by atoms with Gasteiger partial charge in [0, 0.05) is 32.7 Å². The van der Waals surface area contributed by atoms with E-state index in [1.54, 1.807) is 30.3 Å². The van der Waals surface area contributed by atoms with Crippen molar-refractivity contribution in [2.75, 3.05) is 0 Å². The van der Waals surface area contributed by atoms with Crippen LogP contribution in [-0.4, -0.2) is 0 Å². The molecule has 0 N–H and O–H groups in total. The molecule has 0 aromatic heterocycles. The molecular formula is C20H14O4. The van der Waals surface area contributed by atoms with Crippen molar-refractivity contribution in [2.24, 2.45) is 0 Å². The van der Waals surface area contributed by atoms with Gasteiger partial charge in [-0.25, -0.2) is 0 Å². The second-order valence-corrected chi connectivity index (χ2v) is 6.17. The standard InChI is InChI=1S/C20H14O4/c1-2-3-5-10-8-9-13-16-14(10)20(24)19(23)12-7-4-6-11(15(12)16)17(21)18(13)22/h4,6-9H,2-3,5H2,1H3. The Morgan fingerprint density at radius 1 is 0.708 bits per heavy atom. The van der Waals surface area contributed by atoms with Crippen LogP contribution < -0.4 is 21.7 Å². The van der Waals surface area contributed by atoms with Crippen molar-refractivity contribution < 1.29 is 0 Å². The van der Waals surface area contributed by atoms with Crippen molar-refractivity contribution in [2.45, 2.75) is 26.2 Å². The fraction of sp³-hybridized carbons (Fsp3) is 0.200. The zero-order valence-corrected chi connectivity index (χ0v) is 13.1. The lowest BCUT2D eigenvalue weighted by Gasteiger charge is -2.16. The van der Waals surface area contributed by atoms with E-state index < -0.39 is 21.7 Å². The molecule has 2 aliphatic rings. The summed E-state index contributed by atoms with van der Waals surface area (Å²) < 4.78 is 0. The van der Waals surface area contributed by atoms with E-state index in [4.69, 9.17) is 0 Å². The third-order valence-corrected chi connectivity index (χ3v) is 4.78. The normalized spacial score (nSPS) is 11.9. The van der Waals surface area contributed by atoms with Gasteiger partial charge in [0.1, 0.15) is 0 Å². The minimum Gasteiger partial charge on any atom is -0.285 e. The van der Waals surface area contributed by atoms with E-state index >= 15 is 0 Å². The van der Waals surface area contributed by atoms with Crippen molar-refractivity contribution in [3.63, 3.8) is 0 Å². The van der Waals surface area contributed by atoms with Crippen LogP contribution in [0.3, 0.4) is 0 Å². The van der Waals surface area contributed by atoms with Gasteiger partial charge in [0.25, 0.3) is 0 Å². The Labute approximate surface area is 136 Å². The molecule has 0 saturated carbocycles. The summed E-state index contributed by atoms with van der Waals surface area (Å²) in [7, 11) is 0. The van der Waals surface area contributed by atoms with E-state index in [2.05, 4.69) is 0 Å². The zero-order chi connectivity index (χ0) is 17.0. The van der Waals surface area contributed by atoms with Crippen LogP contribution in [0.1, 0.15) is 25.3 Å². The molecule has 2 aromatic rings. The van der Waals surface area contributed by atoms with Gasteiger partial charge in [-0.15, -0.1) is 0 Å². The van der Waals surface area contributed by atoms with Crippen LogP contribution in [0.25, 0.3) is 32.7 Å². The summed E-state index contributed by atoms with van der Waals surface area (Å²) in [4.78, 5) is 50.0. The summed E-state index contributed by atoms with van der Waals surface area (Å²) in [6.07, 6.45) is 2.50. The van der Waals surface area contributed by atoms with Crippen LogP contribution in [0.5, 0.6) is 0 Å². The van der Waals surface area contributed by atoms with E-state index in [1.165, 1.54) is 0 Å². The van der Waals surface area contributed by atoms with Gasteiger partial charge in [0.15, 0.2) is 0 Å². The van der Waals surface area contributed by atoms with Gasteiger partial charge in [-0.2, -0.15) is 0 Å². The van der Waals surface area contributed by atoms with Crippen molar-refractivity contribution in [3.05, 3.63) is 76.8 Å². The summed E-state index contributed by atoms with van der Waals surface area (Å²) in [6.45, 7) is 2.05. The molecular weight excluding hydrogens is 304 g/mol. The number of aryl methyl sites for hydroxylation is 1. The Bertz CT molecular complexity index is 1260. The predicted molar refractivity (Wildman–Crippen MR) is 95.3 cm³/mol. The lowest BCUT2D eigenvalue weighted by Crippen LogP contribution is -2.31. The maximum Gasteiger partial charge on any atom is 0.234 e. The average molecular weight is 318 g/mol. The van der Waals surface area contributed by atoms with Crippen LogP contribution in [0.4, 0.5) is 0 Å². The van der Waals surface area contributed by atoms with Crippen molar-refractivity contribution in [1.29, 1.82) is 0 Å². The summed E-state index contributed by atoms with van der Waals surface area (Å²) >= 11 is 0. The summed E-state index contributed by atoms with van der Waals surface area (Å²) in [5.41, 5.74) is -0.704. The minimum absolute atomic E-state index is 0.222. The quantitative estimate of drug-likeness (QED) is 0.429. The van der Waals surface area contributed by atoms with E-state index in [1.807, 2.05) is 6.92 Å². The van der Waals surface area contributed by atoms with Crippen LogP contribution in [0.15, 0.2) is 49.5 Å². The SMILES string of the molecule is CCCCc1ccc2c3c1c(=O)c(=O)c1cccc(c1-3)c(=O)c2=O. The van der Waals surface area contributed by atoms with Gasteiger partial charge in [0.2, 0.25) is 21.7 Å². The largest absolute Gasteiger partial charge is 0.285 e. The Hall–Kier alpha value is -2.88. The van der Waals surface area contributed by atoms with Gasteiger partial charge < -0.3 is 0 Å². The molecule has 0 spiro atoms. The molecule has 2 aliphatic carbocycles. The van der Waals surface area contributed by atoms with Gasteiger partial charge in [-0.05, 0) is 24.5 Å². The first-order valence-electron chi connectivity index (χ1n) is 8.03. The molecule has 0 atom stereocenters. The third-order valence-electron chi connectivity index (χ3n) is 4.78. The van der Waals surface area contributed by atoms with Gasteiger partial charge in [-0.3, -0.25) is 19.2 Å². The summed E-state index contributed by atoms with van der Waals surface area (Å²) in [5.74, 6) is 0. The number of benzene rings is 4. The molecule has 118 valence electrons. The van der Waals surface area contributed by atoms with Crippen LogP contribution in [0, 0.1) is 0 Å². The lowest BCUT2D eigenvalue weighted by molar-refractivity contribution is 0.798. The molecule has 0 amide bonds. The molecule has 4 rings (SSSR count). The molecule has 4 heteroatoms. The molecule has 2 aromatic carbocycles. The first kappa shape index (κ1) is 14.7. The zero-order valence-electron chi connectivity index (χ0n) is 13.1. The number of hydrogen-bond acceptors (Lipinski definition) is 4. The average Bonchev–Trinajstić information content (AvgIpc) is 2.61. The summed E-state index contributed by atoms with van der Waals surface area (Å²) in [5, 5.41) is 0.988. The summed E-state index contributed by atoms with van der Waals surface area (Å²) in [6, 6.07) is 7.97. The number of unbranched alkanes of at least 4 members (excludes halogenated alkanes) is 1. The van der Waals surface area contributed by atoms with Crippen LogP contribution in [-0.2, 0) is 6.42 Å². The lowest BCUT2D eigenvalue weighted by atomic mass is 9.84. The maximum atomic E-state index is 12.7. The highest BCUT2D eigenvalue weighted by Crippen LogP contribution is 2.35. The minimum atomic E-state index is -0.617. The monoisotopic (exact) mass is 318 g/mol. The van der Waals surface area contributed by atoms with Gasteiger partial charge in [-0.1, -0.05) is 37.6 Å². The van der Waals surface area contributed by atoms with Crippen molar-refractivity contribution in [3.8, 4) is 11.1 Å². The Kier molecular flexibility index (Phi) is 3.10. The van der Waals surface area contributed by atoms with E-state index in [9.17, 15) is 19.2 Å². The molecule has 0 heterocycles. The first-order valence-corrected chi connectivity index (χ1v) is 8.03. The number of hydrogen-bond donors (Lipinski definition) is 0. The maximum absolute atomic E-state index is 12.7. The van der Waals surface area contributed by atoms with Crippen molar-refractivity contribution in [1.82, 2.24) is 0 Å². The van der Waals surface area contributed by atoms with Gasteiger partial charge in [0.05, 0.1) is 0 Å². The van der Waals surface area contributed by atoms with Crippen LogP contribution >= 0.6 is 0 Å². The fourth-order valence-corrected chi connectivity index (χ4v) is 3.61.